The number of rotatable bonds is 2. The number of hydrogen-bond acceptors (Lipinski definition) is 5. The van der Waals surface area contributed by atoms with Crippen LogP contribution < -0.4 is 10.3 Å². The van der Waals surface area contributed by atoms with Crippen molar-refractivity contribution in [1.82, 2.24) is 4.59 Å². The Hall–Kier alpha value is -3.20. The average Bonchev–Trinajstić information content (AvgIpc) is 3.20. The third kappa shape index (κ3) is 2.45. The van der Waals surface area contributed by atoms with Gasteiger partial charge in [0.2, 0.25) is 12.2 Å². The number of amidine groups is 2. The normalized spacial score (nSPS) is 22.3. The number of hydrogen-bond donors (Lipinski definition) is 1. The summed E-state index contributed by atoms with van der Waals surface area (Å²) in [5.74, 6) is 1.20. The van der Waals surface area contributed by atoms with E-state index in [1.807, 2.05) is 0 Å². The lowest BCUT2D eigenvalue weighted by Crippen LogP contribution is -2.42. The van der Waals surface area contributed by atoms with E-state index in [0.717, 1.165) is 12.1 Å². The van der Waals surface area contributed by atoms with Crippen LogP contribution in [0.25, 0.3) is 0 Å². The lowest BCUT2D eigenvalue weighted by Gasteiger charge is -2.25. The van der Waals surface area contributed by atoms with Gasteiger partial charge in [0, 0.05) is 12.1 Å². The molecule has 126 valence electrons. The van der Waals surface area contributed by atoms with Gasteiger partial charge in [-0.15, -0.1) is 0 Å². The highest BCUT2D eigenvalue weighted by Crippen LogP contribution is 2.38. The first-order chi connectivity index (χ1) is 11.9. The van der Waals surface area contributed by atoms with Crippen molar-refractivity contribution in [2.75, 3.05) is 0 Å². The summed E-state index contributed by atoms with van der Waals surface area (Å²) >= 11 is 0. The van der Waals surface area contributed by atoms with Crippen LogP contribution in [0.1, 0.15) is 11.3 Å². The Morgan fingerprint density at radius 3 is 2.68 bits per heavy atom. The quantitative estimate of drug-likeness (QED) is 0.848. The predicted octanol–water partition coefficient (Wildman–Crippen LogP) is 3.22. The number of nitrogens with zero attached hydrogens (tertiary/aromatic N) is 4. The van der Waals surface area contributed by atoms with E-state index in [0.29, 0.717) is 17.4 Å². The van der Waals surface area contributed by atoms with Crippen LogP contribution >= 0.6 is 0 Å². The van der Waals surface area contributed by atoms with Crippen molar-refractivity contribution >= 4 is 23.7 Å². The smallest absolute Gasteiger partial charge is 0.416 e. The van der Waals surface area contributed by atoms with Crippen LogP contribution in [0.2, 0.25) is 0 Å². The van der Waals surface area contributed by atoms with Gasteiger partial charge < -0.3 is 10.2 Å². The third-order valence-corrected chi connectivity index (χ3v) is 3.78. The Bertz CT molecular complexity index is 956. The minimum absolute atomic E-state index is 0.142. The van der Waals surface area contributed by atoms with Gasteiger partial charge in [0.1, 0.15) is 0 Å². The van der Waals surface area contributed by atoms with E-state index < -0.39 is 16.3 Å². The zero-order valence-corrected chi connectivity index (χ0v) is 12.6. The first-order valence-corrected chi connectivity index (χ1v) is 7.21. The van der Waals surface area contributed by atoms with E-state index in [4.69, 9.17) is 10.2 Å². The standard InChI is InChI=1S/C16H11F3N5O/c17-16(18,19)10-3-1-4-11(7-10)24-9-21-15(12-5-2-6-25-12)22-14(24)8-13(20)23-24/h1-9H,(H2,20,23)/q+1. The van der Waals surface area contributed by atoms with Crippen LogP contribution in [0.4, 0.5) is 18.9 Å². The largest absolute Gasteiger partial charge is 0.461 e. The molecule has 1 unspecified atom stereocenters. The number of alkyl halides is 3. The Kier molecular flexibility index (Phi) is 3.16. The molecule has 0 amide bonds. The topological polar surface area (TPSA) is 76.2 Å². The molecule has 25 heavy (non-hydrogen) atoms. The fraction of sp³-hybridized carbons (Fsp3) is 0.0625. The van der Waals surface area contributed by atoms with Crippen molar-refractivity contribution in [3.8, 4) is 0 Å². The Balaban J connectivity index is 1.82. The summed E-state index contributed by atoms with van der Waals surface area (Å²) < 4.78 is 43.9. The van der Waals surface area contributed by atoms with Crippen molar-refractivity contribution in [3.05, 3.63) is 65.9 Å². The molecule has 1 aromatic heterocycles. The van der Waals surface area contributed by atoms with Crippen molar-refractivity contribution in [2.45, 2.75) is 6.18 Å². The van der Waals surface area contributed by atoms with E-state index in [-0.39, 0.29) is 11.5 Å². The van der Waals surface area contributed by atoms with Crippen molar-refractivity contribution in [1.29, 1.82) is 0 Å². The van der Waals surface area contributed by atoms with Gasteiger partial charge in [0.15, 0.2) is 17.3 Å². The summed E-state index contributed by atoms with van der Waals surface area (Å²) in [6.07, 6.45) is -0.117. The molecule has 2 aliphatic heterocycles. The fourth-order valence-corrected chi connectivity index (χ4v) is 2.64. The van der Waals surface area contributed by atoms with Gasteiger partial charge in [-0.05, 0) is 23.3 Å². The van der Waals surface area contributed by atoms with Gasteiger partial charge in [-0.2, -0.15) is 23.2 Å². The van der Waals surface area contributed by atoms with Crippen molar-refractivity contribution in [3.63, 3.8) is 0 Å². The van der Waals surface area contributed by atoms with E-state index in [2.05, 4.69) is 15.1 Å². The Labute approximate surface area is 139 Å². The molecule has 3 heterocycles. The zero-order valence-electron chi connectivity index (χ0n) is 12.6. The second-order valence-corrected chi connectivity index (χ2v) is 5.42. The predicted molar refractivity (Wildman–Crippen MR) is 86.7 cm³/mol. The Morgan fingerprint density at radius 2 is 1.96 bits per heavy atom. The molecule has 0 fully saturated rings. The molecule has 1 atom stereocenters. The lowest BCUT2D eigenvalue weighted by molar-refractivity contribution is -0.137. The number of furan rings is 1. The van der Waals surface area contributed by atoms with E-state index in [1.165, 1.54) is 30.8 Å². The van der Waals surface area contributed by atoms with E-state index in [1.54, 1.807) is 12.1 Å². The van der Waals surface area contributed by atoms with Gasteiger partial charge in [-0.1, -0.05) is 10.7 Å². The summed E-state index contributed by atoms with van der Waals surface area (Å²) in [6.45, 7) is 0. The molecule has 0 saturated carbocycles. The first-order valence-electron chi connectivity index (χ1n) is 7.21. The Morgan fingerprint density at radius 1 is 1.12 bits per heavy atom. The van der Waals surface area contributed by atoms with Gasteiger partial charge >= 0.3 is 6.18 Å². The molecule has 2 aromatic rings. The van der Waals surface area contributed by atoms with E-state index in [9.17, 15) is 13.2 Å². The van der Waals surface area contributed by atoms with Gasteiger partial charge in [0.25, 0.3) is 5.82 Å². The fourth-order valence-electron chi connectivity index (χ4n) is 2.64. The summed E-state index contributed by atoms with van der Waals surface area (Å²) in [6, 6.07) is 8.20. The molecule has 0 saturated heterocycles. The molecule has 0 spiro atoms. The van der Waals surface area contributed by atoms with Gasteiger partial charge in [-0.3, -0.25) is 0 Å². The number of nitrogens with two attached hydrogens (primary N) is 1. The molecule has 0 aliphatic carbocycles. The molecule has 0 bridgehead atoms. The maximum Gasteiger partial charge on any atom is 0.416 e. The van der Waals surface area contributed by atoms with Gasteiger partial charge in [-0.25, -0.2) is 0 Å². The highest BCUT2D eigenvalue weighted by molar-refractivity contribution is 6.08. The number of halogens is 3. The minimum atomic E-state index is -4.47. The molecular formula is C16H11F3N5O+. The first kappa shape index (κ1) is 15.3. The number of benzene rings is 1. The summed E-state index contributed by atoms with van der Waals surface area (Å²) in [5.41, 5.74) is 5.23. The van der Waals surface area contributed by atoms with Crippen LogP contribution in [0.15, 0.2) is 74.1 Å². The summed E-state index contributed by atoms with van der Waals surface area (Å²) in [7, 11) is 0. The maximum atomic E-state index is 13.0. The number of fused-ring (bicyclic) bond motifs is 1. The highest BCUT2D eigenvalue weighted by Gasteiger charge is 2.44. The lowest BCUT2D eigenvalue weighted by atomic mass is 10.1. The highest BCUT2D eigenvalue weighted by atomic mass is 19.4. The maximum absolute atomic E-state index is 13.0. The number of quaternary nitrogens is 1. The van der Waals surface area contributed by atoms with Crippen LogP contribution in [0, 0.1) is 0 Å². The van der Waals surface area contributed by atoms with Gasteiger partial charge in [0.05, 0.1) is 17.9 Å². The average molecular weight is 346 g/mol. The number of aliphatic imine (C=N–C) groups is 2. The molecule has 2 N–H and O–H groups in total. The van der Waals surface area contributed by atoms with Crippen LogP contribution in [-0.4, -0.2) is 18.0 Å². The van der Waals surface area contributed by atoms with Crippen molar-refractivity contribution in [2.24, 2.45) is 20.8 Å². The monoisotopic (exact) mass is 346 g/mol. The molecule has 9 heteroatoms. The molecule has 0 radical (unpaired) electrons. The molecular weight excluding hydrogens is 335 g/mol. The third-order valence-electron chi connectivity index (χ3n) is 3.78. The second kappa shape index (κ2) is 5.15. The molecule has 2 aliphatic rings. The molecule has 1 aromatic carbocycles. The van der Waals surface area contributed by atoms with Crippen LogP contribution in [-0.2, 0) is 6.18 Å². The summed E-state index contributed by atoms with van der Waals surface area (Å²) in [4.78, 5) is 8.57. The summed E-state index contributed by atoms with van der Waals surface area (Å²) in [5, 5.41) is 4.24. The molecule has 6 nitrogen and oxygen atoms in total. The second-order valence-electron chi connectivity index (χ2n) is 5.42. The van der Waals surface area contributed by atoms with Crippen molar-refractivity contribution < 1.29 is 17.6 Å². The zero-order chi connectivity index (χ0) is 17.7. The minimum Gasteiger partial charge on any atom is -0.461 e. The van der Waals surface area contributed by atoms with E-state index >= 15 is 0 Å². The van der Waals surface area contributed by atoms with Crippen LogP contribution in [0.3, 0.4) is 0 Å². The SMILES string of the molecule is NC1=N[N+]2(c3cccc(C(F)(F)F)c3)C=NC(c3ccco3)=NC2=C1. The van der Waals surface area contributed by atoms with Crippen LogP contribution in [0.5, 0.6) is 0 Å². The molecule has 4 rings (SSSR count).